The van der Waals surface area contributed by atoms with E-state index in [9.17, 15) is 19.2 Å². The Bertz CT molecular complexity index is 482. The molecule has 4 amide bonds. The maximum atomic E-state index is 11.6. The summed E-state index contributed by atoms with van der Waals surface area (Å²) in [5.74, 6) is -1.55. The van der Waals surface area contributed by atoms with E-state index in [1.54, 1.807) is 13.8 Å². The van der Waals surface area contributed by atoms with E-state index >= 15 is 0 Å². The first-order valence-corrected chi connectivity index (χ1v) is 5.50. The number of imide groups is 2. The SMILES string of the molecule is CC1=CC(=O)N(CCN2C(=O)C=C(C)C2=O)C1=O. The minimum absolute atomic E-state index is 0.0319. The molecule has 2 heterocycles. The van der Waals surface area contributed by atoms with Crippen molar-refractivity contribution < 1.29 is 19.2 Å². The molecule has 0 N–H and O–H groups in total. The first kappa shape index (κ1) is 12.2. The predicted octanol–water partition coefficient (Wildman–Crippen LogP) is -0.383. The lowest BCUT2D eigenvalue weighted by Gasteiger charge is -2.19. The molecule has 0 radical (unpaired) electrons. The van der Waals surface area contributed by atoms with Crippen LogP contribution in [0.4, 0.5) is 0 Å². The highest BCUT2D eigenvalue weighted by Crippen LogP contribution is 2.14. The van der Waals surface area contributed by atoms with Gasteiger partial charge in [0.2, 0.25) is 0 Å². The second-order valence-electron chi connectivity index (χ2n) is 4.24. The molecule has 0 unspecified atom stereocenters. The molecular formula is C12H12N2O4. The van der Waals surface area contributed by atoms with Crippen molar-refractivity contribution in [1.82, 2.24) is 9.80 Å². The van der Waals surface area contributed by atoms with Crippen molar-refractivity contribution in [2.75, 3.05) is 13.1 Å². The summed E-state index contributed by atoms with van der Waals surface area (Å²) in [5.41, 5.74) is 0.738. The van der Waals surface area contributed by atoms with Crippen LogP contribution >= 0.6 is 0 Å². The van der Waals surface area contributed by atoms with E-state index in [0.717, 1.165) is 9.80 Å². The Kier molecular flexibility index (Phi) is 2.86. The van der Waals surface area contributed by atoms with Crippen LogP contribution in [0.1, 0.15) is 13.8 Å². The smallest absolute Gasteiger partial charge is 0.256 e. The molecule has 0 aromatic rings. The molecule has 2 rings (SSSR count). The van der Waals surface area contributed by atoms with Gasteiger partial charge < -0.3 is 0 Å². The molecule has 0 aromatic carbocycles. The van der Waals surface area contributed by atoms with Gasteiger partial charge in [-0.3, -0.25) is 29.0 Å². The molecule has 0 spiro atoms. The molecule has 2 aliphatic rings. The molecule has 0 saturated carbocycles. The second kappa shape index (κ2) is 4.21. The summed E-state index contributed by atoms with van der Waals surface area (Å²) in [6, 6.07) is 0. The van der Waals surface area contributed by atoms with Crippen LogP contribution in [-0.4, -0.2) is 46.5 Å². The average molecular weight is 248 g/mol. The number of nitrogens with zero attached hydrogens (tertiary/aromatic N) is 2. The fourth-order valence-corrected chi connectivity index (χ4v) is 1.90. The second-order valence-corrected chi connectivity index (χ2v) is 4.24. The van der Waals surface area contributed by atoms with Gasteiger partial charge in [0.15, 0.2) is 0 Å². The van der Waals surface area contributed by atoms with E-state index in [0.29, 0.717) is 11.1 Å². The van der Waals surface area contributed by atoms with Crippen LogP contribution in [0.3, 0.4) is 0 Å². The summed E-state index contributed by atoms with van der Waals surface area (Å²) >= 11 is 0. The number of hydrogen-bond acceptors (Lipinski definition) is 4. The van der Waals surface area contributed by atoms with Crippen molar-refractivity contribution in [2.45, 2.75) is 13.8 Å². The van der Waals surface area contributed by atoms with Crippen LogP contribution in [0.25, 0.3) is 0 Å². The Labute approximate surface area is 104 Å². The van der Waals surface area contributed by atoms with Gasteiger partial charge in [0.05, 0.1) is 0 Å². The van der Waals surface area contributed by atoms with Crippen LogP contribution in [0, 0.1) is 0 Å². The first-order chi connectivity index (χ1) is 8.41. The number of hydrogen-bond donors (Lipinski definition) is 0. The van der Waals surface area contributed by atoms with Crippen molar-refractivity contribution in [3.8, 4) is 0 Å². The molecule has 6 nitrogen and oxygen atoms in total. The first-order valence-electron chi connectivity index (χ1n) is 5.50. The average Bonchev–Trinajstić information content (AvgIpc) is 2.67. The monoisotopic (exact) mass is 248 g/mol. The van der Waals surface area contributed by atoms with Crippen LogP contribution in [0.5, 0.6) is 0 Å². The van der Waals surface area contributed by atoms with Crippen molar-refractivity contribution in [3.63, 3.8) is 0 Å². The van der Waals surface area contributed by atoms with Gasteiger partial charge in [-0.25, -0.2) is 0 Å². The van der Waals surface area contributed by atoms with Crippen LogP contribution in [-0.2, 0) is 19.2 Å². The van der Waals surface area contributed by atoms with Crippen LogP contribution < -0.4 is 0 Å². The third-order valence-corrected chi connectivity index (χ3v) is 2.92. The molecular weight excluding hydrogens is 236 g/mol. The van der Waals surface area contributed by atoms with Crippen molar-refractivity contribution in [1.29, 1.82) is 0 Å². The van der Waals surface area contributed by atoms with Crippen molar-refractivity contribution >= 4 is 23.6 Å². The third kappa shape index (κ3) is 1.85. The Morgan fingerprint density at radius 1 is 0.778 bits per heavy atom. The lowest BCUT2D eigenvalue weighted by Crippen LogP contribution is -2.41. The highest BCUT2D eigenvalue weighted by Gasteiger charge is 2.32. The molecule has 0 aromatic heterocycles. The number of rotatable bonds is 3. The molecule has 0 atom stereocenters. The summed E-state index contributed by atoms with van der Waals surface area (Å²) in [4.78, 5) is 48.1. The fraction of sp³-hybridized carbons (Fsp3) is 0.333. The van der Waals surface area contributed by atoms with Gasteiger partial charge in [-0.15, -0.1) is 0 Å². The van der Waals surface area contributed by atoms with Gasteiger partial charge in [-0.1, -0.05) is 0 Å². The largest absolute Gasteiger partial charge is 0.273 e. The zero-order chi connectivity index (χ0) is 13.4. The zero-order valence-electron chi connectivity index (χ0n) is 10.1. The van der Waals surface area contributed by atoms with Gasteiger partial charge in [0, 0.05) is 36.4 Å². The molecule has 0 bridgehead atoms. The lowest BCUT2D eigenvalue weighted by molar-refractivity contribution is -0.142. The number of carbonyl (C=O) groups is 4. The van der Waals surface area contributed by atoms with Gasteiger partial charge in [0.1, 0.15) is 0 Å². The molecule has 94 valence electrons. The zero-order valence-corrected chi connectivity index (χ0v) is 10.1. The summed E-state index contributed by atoms with van der Waals surface area (Å²) < 4.78 is 0. The summed E-state index contributed by atoms with van der Waals surface area (Å²) in [7, 11) is 0. The highest BCUT2D eigenvalue weighted by molar-refractivity contribution is 6.17. The molecule has 2 aliphatic heterocycles. The number of amides is 4. The molecule has 6 heteroatoms. The summed E-state index contributed by atoms with van der Waals surface area (Å²) in [6.07, 6.45) is 2.50. The maximum Gasteiger partial charge on any atom is 0.256 e. The third-order valence-electron chi connectivity index (χ3n) is 2.92. The van der Waals surface area contributed by atoms with E-state index in [-0.39, 0.29) is 24.9 Å². The summed E-state index contributed by atoms with van der Waals surface area (Å²) in [6.45, 7) is 3.17. The van der Waals surface area contributed by atoms with Gasteiger partial charge >= 0.3 is 0 Å². The molecule has 18 heavy (non-hydrogen) atoms. The van der Waals surface area contributed by atoms with Crippen LogP contribution in [0.2, 0.25) is 0 Å². The van der Waals surface area contributed by atoms with Crippen molar-refractivity contribution in [2.24, 2.45) is 0 Å². The summed E-state index contributed by atoms with van der Waals surface area (Å²) in [5, 5.41) is 0. The molecule has 0 saturated heterocycles. The Morgan fingerprint density at radius 2 is 1.11 bits per heavy atom. The normalized spacial score (nSPS) is 19.9. The standard InChI is InChI=1S/C12H12N2O4/c1-7-5-9(15)13(11(7)17)3-4-14-10(16)6-8(2)12(14)18/h5-6H,3-4H2,1-2H3. The van der Waals surface area contributed by atoms with Gasteiger partial charge in [-0.2, -0.15) is 0 Å². The highest BCUT2D eigenvalue weighted by atomic mass is 16.2. The minimum Gasteiger partial charge on any atom is -0.273 e. The van der Waals surface area contributed by atoms with Gasteiger partial charge in [0.25, 0.3) is 23.6 Å². The van der Waals surface area contributed by atoms with E-state index in [1.165, 1.54) is 12.2 Å². The van der Waals surface area contributed by atoms with Crippen molar-refractivity contribution in [3.05, 3.63) is 23.3 Å². The molecule has 0 fully saturated rings. The predicted molar refractivity (Wildman–Crippen MR) is 61.0 cm³/mol. The van der Waals surface area contributed by atoms with E-state index in [1.807, 2.05) is 0 Å². The van der Waals surface area contributed by atoms with Crippen LogP contribution in [0.15, 0.2) is 23.3 Å². The fourth-order valence-electron chi connectivity index (χ4n) is 1.90. The van der Waals surface area contributed by atoms with Gasteiger partial charge in [-0.05, 0) is 13.8 Å². The molecule has 0 aliphatic carbocycles. The maximum absolute atomic E-state index is 11.6. The Hall–Kier alpha value is -2.24. The Morgan fingerprint density at radius 3 is 1.33 bits per heavy atom. The Balaban J connectivity index is 1.99. The van der Waals surface area contributed by atoms with E-state index in [4.69, 9.17) is 0 Å². The quantitative estimate of drug-likeness (QED) is 0.638. The van der Waals surface area contributed by atoms with E-state index in [2.05, 4.69) is 0 Å². The topological polar surface area (TPSA) is 74.8 Å². The lowest BCUT2D eigenvalue weighted by atomic mass is 10.3. The van der Waals surface area contributed by atoms with E-state index < -0.39 is 11.8 Å². The number of carbonyl (C=O) groups excluding carboxylic acids is 4. The minimum atomic E-state index is -0.402.